The van der Waals surface area contributed by atoms with Crippen LogP contribution < -0.4 is 11.1 Å². The van der Waals surface area contributed by atoms with Crippen LogP contribution in [0.1, 0.15) is 16.6 Å². The van der Waals surface area contributed by atoms with E-state index in [0.29, 0.717) is 16.7 Å². The summed E-state index contributed by atoms with van der Waals surface area (Å²) in [7, 11) is -2.94. The number of fused-ring (bicyclic) bond motifs is 1. The minimum absolute atomic E-state index is 0.198. The van der Waals surface area contributed by atoms with Gasteiger partial charge in [0.2, 0.25) is 0 Å². The molecule has 1 fully saturated rings. The second kappa shape index (κ2) is 8.48. The number of anilines is 1. The van der Waals surface area contributed by atoms with Crippen LogP contribution in [0.4, 0.5) is 5.82 Å². The van der Waals surface area contributed by atoms with E-state index < -0.39 is 39.3 Å². The van der Waals surface area contributed by atoms with Gasteiger partial charge in [-0.05, 0) is 12.1 Å². The van der Waals surface area contributed by atoms with E-state index in [2.05, 4.69) is 20.3 Å². The normalized spacial score (nSPS) is 24.2. The summed E-state index contributed by atoms with van der Waals surface area (Å²) >= 11 is 0. The number of rotatable bonds is 6. The van der Waals surface area contributed by atoms with Crippen LogP contribution in [0.2, 0.25) is 0 Å². The van der Waals surface area contributed by atoms with Crippen molar-refractivity contribution in [3.8, 4) is 0 Å². The molecule has 1 saturated heterocycles. The standard InChI is InChI=1S/C17H17N6O6P/c18-11-13(29-30(26)27)10(6-24)28-17(11)23-8-21-12-14(19-7-20-15(12)23)22-16(25)9-4-2-1-3-5-9/h1-5,7-8,10-11,13,17,24H,6,18H2,(H-,19,20,22,25,26,27)/p+1/t10-,11-,13-,17-/m1/s1. The average Bonchev–Trinajstić information content (AvgIpc) is 3.30. The molecule has 5 atom stereocenters. The molecular weight excluding hydrogens is 415 g/mol. The molecule has 5 N–H and O–H groups in total. The maximum absolute atomic E-state index is 12.5. The van der Waals surface area contributed by atoms with Gasteiger partial charge in [0.05, 0.1) is 19.0 Å². The Balaban J connectivity index is 1.63. The maximum atomic E-state index is 12.5. The lowest BCUT2D eigenvalue weighted by molar-refractivity contribution is -0.0402. The third kappa shape index (κ3) is 3.79. The zero-order valence-electron chi connectivity index (χ0n) is 15.4. The molecule has 3 heterocycles. The fourth-order valence-electron chi connectivity index (χ4n) is 3.30. The number of nitrogens with one attached hydrogen (secondary N) is 1. The van der Waals surface area contributed by atoms with E-state index in [0.717, 1.165) is 0 Å². The number of amides is 1. The van der Waals surface area contributed by atoms with Crippen molar-refractivity contribution in [1.29, 1.82) is 0 Å². The van der Waals surface area contributed by atoms with E-state index in [9.17, 15) is 14.5 Å². The maximum Gasteiger partial charge on any atom is 0.695 e. The number of nitrogens with two attached hydrogens (primary N) is 1. The first-order valence-corrected chi connectivity index (χ1v) is 10.0. The fourth-order valence-corrected chi connectivity index (χ4v) is 3.78. The van der Waals surface area contributed by atoms with Crippen LogP contribution in [0.15, 0.2) is 43.0 Å². The molecule has 4 rings (SSSR count). The summed E-state index contributed by atoms with van der Waals surface area (Å²) in [4.78, 5) is 34.1. The van der Waals surface area contributed by atoms with Crippen LogP contribution in [0.3, 0.4) is 0 Å². The quantitative estimate of drug-likeness (QED) is 0.397. The van der Waals surface area contributed by atoms with Gasteiger partial charge in [0.1, 0.15) is 12.4 Å². The molecule has 0 radical (unpaired) electrons. The molecule has 1 aliphatic rings. The van der Waals surface area contributed by atoms with Crippen LogP contribution in [0, 0.1) is 0 Å². The molecule has 156 valence electrons. The SMILES string of the molecule is N[C@@H]1[C@H](O[P+](=O)O)[C@@H](CO)O[C@H]1n1cnc2c(NC(=O)c3ccccc3)ncnc21. The average molecular weight is 433 g/mol. The Labute approximate surface area is 170 Å². The minimum Gasteiger partial charge on any atom is -0.394 e. The molecule has 0 aliphatic carbocycles. The monoisotopic (exact) mass is 433 g/mol. The molecule has 0 saturated carbocycles. The Bertz CT molecular complexity index is 1080. The Hall–Kier alpha value is -2.86. The smallest absolute Gasteiger partial charge is 0.394 e. The highest BCUT2D eigenvalue weighted by Gasteiger charge is 2.49. The summed E-state index contributed by atoms with van der Waals surface area (Å²) in [5.41, 5.74) is 7.23. The van der Waals surface area contributed by atoms with Crippen molar-refractivity contribution in [2.45, 2.75) is 24.5 Å². The molecule has 12 nitrogen and oxygen atoms in total. The summed E-state index contributed by atoms with van der Waals surface area (Å²) in [6.45, 7) is -0.460. The Morgan fingerprint density at radius 2 is 2.07 bits per heavy atom. The zero-order valence-corrected chi connectivity index (χ0v) is 16.3. The first-order chi connectivity index (χ1) is 14.5. The number of imidazole rings is 1. The lowest BCUT2D eigenvalue weighted by Crippen LogP contribution is -2.40. The molecule has 1 unspecified atom stereocenters. The van der Waals surface area contributed by atoms with Crippen molar-refractivity contribution in [3.05, 3.63) is 48.5 Å². The topological polar surface area (TPSA) is 175 Å². The number of aromatic nitrogens is 4. The molecule has 2 aromatic heterocycles. The van der Waals surface area contributed by atoms with Crippen LogP contribution in [0.25, 0.3) is 11.2 Å². The second-order valence-corrected chi connectivity index (χ2v) is 7.19. The lowest BCUT2D eigenvalue weighted by atomic mass is 10.1. The molecular formula is C17H18N6O6P+. The highest BCUT2D eigenvalue weighted by atomic mass is 31.1. The number of aliphatic hydroxyl groups excluding tert-OH is 1. The van der Waals surface area contributed by atoms with Gasteiger partial charge in [-0.2, -0.15) is 0 Å². The molecule has 13 heteroatoms. The number of hydrogen-bond acceptors (Lipinski definition) is 9. The number of nitrogens with zero attached hydrogens (tertiary/aromatic N) is 4. The molecule has 0 spiro atoms. The summed E-state index contributed by atoms with van der Waals surface area (Å²) in [6, 6.07) is 7.73. The molecule has 1 amide bonds. The van der Waals surface area contributed by atoms with Gasteiger partial charge in [0, 0.05) is 10.1 Å². The van der Waals surface area contributed by atoms with E-state index in [1.165, 1.54) is 17.2 Å². The molecule has 0 bridgehead atoms. The van der Waals surface area contributed by atoms with Crippen LogP contribution in [0.5, 0.6) is 0 Å². The highest BCUT2D eigenvalue weighted by molar-refractivity contribution is 7.32. The van der Waals surface area contributed by atoms with Crippen LogP contribution in [-0.2, 0) is 13.8 Å². The predicted molar refractivity (Wildman–Crippen MR) is 103 cm³/mol. The summed E-state index contributed by atoms with van der Waals surface area (Å²) in [5, 5.41) is 12.2. The number of carbonyl (C=O) groups excluding carboxylic acids is 1. The van der Waals surface area contributed by atoms with E-state index in [1.54, 1.807) is 30.3 Å². The largest absolute Gasteiger partial charge is 0.695 e. The minimum atomic E-state index is -2.94. The van der Waals surface area contributed by atoms with Crippen LogP contribution >= 0.6 is 8.25 Å². The first-order valence-electron chi connectivity index (χ1n) is 8.88. The number of benzene rings is 1. The molecule has 1 aliphatic heterocycles. The van der Waals surface area contributed by atoms with Crippen molar-refractivity contribution in [2.24, 2.45) is 5.73 Å². The van der Waals surface area contributed by atoms with E-state index in [1.807, 2.05) is 0 Å². The van der Waals surface area contributed by atoms with E-state index in [4.69, 9.17) is 19.9 Å². The van der Waals surface area contributed by atoms with Gasteiger partial charge in [0.25, 0.3) is 5.91 Å². The highest BCUT2D eigenvalue weighted by Crippen LogP contribution is 2.36. The molecule has 3 aromatic rings. The number of ether oxygens (including phenoxy) is 1. The van der Waals surface area contributed by atoms with Crippen molar-refractivity contribution in [2.75, 3.05) is 11.9 Å². The summed E-state index contributed by atoms with van der Waals surface area (Å²) in [6.07, 6.45) is -0.140. The van der Waals surface area contributed by atoms with E-state index in [-0.39, 0.29) is 11.7 Å². The third-order valence-corrected chi connectivity index (χ3v) is 5.11. The second-order valence-electron chi connectivity index (χ2n) is 6.50. The van der Waals surface area contributed by atoms with Gasteiger partial charge in [0.15, 0.2) is 29.3 Å². The van der Waals surface area contributed by atoms with Crippen molar-refractivity contribution in [3.63, 3.8) is 0 Å². The number of hydrogen-bond donors (Lipinski definition) is 4. The van der Waals surface area contributed by atoms with Crippen molar-refractivity contribution >= 4 is 31.1 Å². The Morgan fingerprint density at radius 1 is 1.30 bits per heavy atom. The Kier molecular flexibility index (Phi) is 5.77. The van der Waals surface area contributed by atoms with Gasteiger partial charge in [-0.1, -0.05) is 18.2 Å². The van der Waals surface area contributed by atoms with Gasteiger partial charge in [-0.15, -0.1) is 9.42 Å². The van der Waals surface area contributed by atoms with E-state index >= 15 is 0 Å². The van der Waals surface area contributed by atoms with Gasteiger partial charge < -0.3 is 20.9 Å². The first kappa shape index (κ1) is 20.4. The lowest BCUT2D eigenvalue weighted by Gasteiger charge is -2.17. The number of aliphatic hydroxyl groups is 1. The molecule has 30 heavy (non-hydrogen) atoms. The molecule has 1 aromatic carbocycles. The van der Waals surface area contributed by atoms with Crippen LogP contribution in [-0.4, -0.2) is 60.3 Å². The zero-order chi connectivity index (χ0) is 21.3. The van der Waals surface area contributed by atoms with Crippen molar-refractivity contribution < 1.29 is 28.6 Å². The third-order valence-electron chi connectivity index (χ3n) is 4.68. The fraction of sp³-hybridized carbons (Fsp3) is 0.294. The summed E-state index contributed by atoms with van der Waals surface area (Å²) in [5.74, 6) is -0.163. The summed E-state index contributed by atoms with van der Waals surface area (Å²) < 4.78 is 23.2. The Morgan fingerprint density at radius 3 is 2.77 bits per heavy atom. The van der Waals surface area contributed by atoms with Gasteiger partial charge in [-0.25, -0.2) is 15.0 Å². The number of carbonyl (C=O) groups is 1. The predicted octanol–water partition coefficient (Wildman–Crippen LogP) is 0.330. The van der Waals surface area contributed by atoms with Crippen molar-refractivity contribution in [1.82, 2.24) is 19.5 Å². The van der Waals surface area contributed by atoms with Gasteiger partial charge in [-0.3, -0.25) is 9.36 Å². The van der Waals surface area contributed by atoms with Gasteiger partial charge >= 0.3 is 8.25 Å².